The van der Waals surface area contributed by atoms with Crippen LogP contribution in [0.1, 0.15) is 11.1 Å². The molecule has 0 aromatic heterocycles. The van der Waals surface area contributed by atoms with E-state index in [-0.39, 0.29) is 10.5 Å². The lowest BCUT2D eigenvalue weighted by molar-refractivity contribution is -0.140. The monoisotopic (exact) mass is 240 g/mol. The van der Waals surface area contributed by atoms with Crippen LogP contribution in [0.2, 0.25) is 0 Å². The summed E-state index contributed by atoms with van der Waals surface area (Å²) in [5.41, 5.74) is -1.14. The first kappa shape index (κ1) is 12.3. The molecule has 1 rings (SSSR count). The van der Waals surface area contributed by atoms with Crippen LogP contribution in [0.5, 0.6) is 0 Å². The van der Waals surface area contributed by atoms with Gasteiger partial charge in [-0.2, -0.15) is 13.2 Å². The van der Waals surface area contributed by atoms with Gasteiger partial charge in [0.25, 0.3) is 0 Å². The first-order chi connectivity index (χ1) is 6.91. The van der Waals surface area contributed by atoms with Crippen molar-refractivity contribution in [2.75, 3.05) is 6.26 Å². The fourth-order valence-corrected chi connectivity index (χ4v) is 1.84. The maximum atomic E-state index is 13.4. The Bertz CT molecular complexity index is 362. The Hall–Kier alpha value is -0.750. The van der Waals surface area contributed by atoms with E-state index in [0.29, 0.717) is 6.07 Å². The highest BCUT2D eigenvalue weighted by atomic mass is 32.2. The summed E-state index contributed by atoms with van der Waals surface area (Å²) < 4.78 is 50.2. The number of rotatable bonds is 2. The lowest BCUT2D eigenvalue weighted by Crippen LogP contribution is -2.10. The molecule has 0 spiro atoms. The Morgan fingerprint density at radius 1 is 1.33 bits per heavy atom. The van der Waals surface area contributed by atoms with Crippen LogP contribution in [-0.4, -0.2) is 11.4 Å². The minimum atomic E-state index is -4.71. The average molecular weight is 240 g/mol. The predicted molar refractivity (Wildman–Crippen MR) is 49.1 cm³/mol. The molecule has 0 aliphatic carbocycles. The molecule has 0 unspecified atom stereocenters. The van der Waals surface area contributed by atoms with Crippen molar-refractivity contribution in [3.63, 3.8) is 0 Å². The molecule has 15 heavy (non-hydrogen) atoms. The van der Waals surface area contributed by atoms with E-state index in [2.05, 4.69) is 0 Å². The number of halogens is 4. The Morgan fingerprint density at radius 2 is 1.93 bits per heavy atom. The zero-order valence-electron chi connectivity index (χ0n) is 7.73. The summed E-state index contributed by atoms with van der Waals surface area (Å²) >= 11 is 0.842. The van der Waals surface area contributed by atoms with Gasteiger partial charge >= 0.3 is 6.18 Å². The van der Waals surface area contributed by atoms with E-state index >= 15 is 0 Å². The van der Waals surface area contributed by atoms with Crippen LogP contribution in [-0.2, 0) is 12.8 Å². The van der Waals surface area contributed by atoms with Crippen molar-refractivity contribution < 1.29 is 22.7 Å². The van der Waals surface area contributed by atoms with Gasteiger partial charge in [-0.05, 0) is 17.9 Å². The lowest BCUT2D eigenvalue weighted by atomic mass is 10.1. The molecule has 0 aliphatic heterocycles. The topological polar surface area (TPSA) is 20.2 Å². The predicted octanol–water partition coefficient (Wildman–Crippen LogP) is 3.06. The standard InChI is InChI=1S/C9H8F4OS/c1-15-8-5(4-14)2-3-6(7(8)10)9(11,12)13/h2-3,14H,4H2,1H3. The smallest absolute Gasteiger partial charge is 0.392 e. The molecular formula is C9H8F4OS. The molecule has 0 atom stereocenters. The van der Waals surface area contributed by atoms with Crippen LogP contribution in [0.3, 0.4) is 0 Å². The maximum Gasteiger partial charge on any atom is 0.419 e. The number of hydrogen-bond donors (Lipinski definition) is 1. The molecule has 0 radical (unpaired) electrons. The second-order valence-electron chi connectivity index (χ2n) is 2.78. The van der Waals surface area contributed by atoms with Gasteiger partial charge in [-0.15, -0.1) is 11.8 Å². The SMILES string of the molecule is CSc1c(CO)ccc(C(F)(F)F)c1F. The summed E-state index contributed by atoms with van der Waals surface area (Å²) in [6.45, 7) is -0.481. The summed E-state index contributed by atoms with van der Waals surface area (Å²) in [6, 6.07) is 1.72. The molecule has 84 valence electrons. The third-order valence-electron chi connectivity index (χ3n) is 1.86. The number of alkyl halides is 3. The van der Waals surface area contributed by atoms with E-state index < -0.39 is 24.2 Å². The number of hydrogen-bond acceptors (Lipinski definition) is 2. The number of benzene rings is 1. The van der Waals surface area contributed by atoms with Crippen molar-refractivity contribution in [2.24, 2.45) is 0 Å². The van der Waals surface area contributed by atoms with E-state index in [9.17, 15) is 17.6 Å². The summed E-state index contributed by atoms with van der Waals surface area (Å²) in [6.07, 6.45) is -3.25. The first-order valence-electron chi connectivity index (χ1n) is 3.95. The highest BCUT2D eigenvalue weighted by molar-refractivity contribution is 7.98. The maximum absolute atomic E-state index is 13.4. The van der Waals surface area contributed by atoms with Gasteiger partial charge in [-0.1, -0.05) is 6.07 Å². The van der Waals surface area contributed by atoms with Crippen LogP contribution in [0.4, 0.5) is 17.6 Å². The van der Waals surface area contributed by atoms with Gasteiger partial charge in [0.15, 0.2) is 0 Å². The van der Waals surface area contributed by atoms with Gasteiger partial charge in [0.2, 0.25) is 0 Å². The van der Waals surface area contributed by atoms with Gasteiger partial charge in [-0.25, -0.2) is 4.39 Å². The lowest BCUT2D eigenvalue weighted by Gasteiger charge is -2.12. The third-order valence-corrected chi connectivity index (χ3v) is 2.71. The van der Waals surface area contributed by atoms with Gasteiger partial charge in [-0.3, -0.25) is 0 Å². The normalized spacial score (nSPS) is 11.9. The molecule has 1 N–H and O–H groups in total. The zero-order chi connectivity index (χ0) is 11.6. The molecule has 0 fully saturated rings. The van der Waals surface area contributed by atoms with Gasteiger partial charge < -0.3 is 5.11 Å². The van der Waals surface area contributed by atoms with Crippen molar-refractivity contribution in [1.82, 2.24) is 0 Å². The fourth-order valence-electron chi connectivity index (χ4n) is 1.16. The minimum absolute atomic E-state index is 0.160. The van der Waals surface area contributed by atoms with Crippen molar-refractivity contribution in [2.45, 2.75) is 17.7 Å². The van der Waals surface area contributed by atoms with E-state index in [4.69, 9.17) is 5.11 Å². The molecular weight excluding hydrogens is 232 g/mol. The molecule has 0 saturated carbocycles. The third kappa shape index (κ3) is 2.43. The van der Waals surface area contributed by atoms with Gasteiger partial charge in [0, 0.05) is 4.90 Å². The highest BCUT2D eigenvalue weighted by Crippen LogP contribution is 2.36. The number of thioether (sulfide) groups is 1. The molecule has 0 amide bonds. The Morgan fingerprint density at radius 3 is 2.33 bits per heavy atom. The zero-order valence-corrected chi connectivity index (χ0v) is 8.55. The quantitative estimate of drug-likeness (QED) is 0.633. The summed E-state index contributed by atoms with van der Waals surface area (Å²) in [5.74, 6) is -1.32. The Labute approximate surface area is 88.1 Å². The average Bonchev–Trinajstić information content (AvgIpc) is 2.15. The van der Waals surface area contributed by atoms with Gasteiger partial charge in [0.1, 0.15) is 5.82 Å². The van der Waals surface area contributed by atoms with Crippen LogP contribution in [0, 0.1) is 5.82 Å². The minimum Gasteiger partial charge on any atom is -0.392 e. The molecule has 0 bridgehead atoms. The Balaban J connectivity index is 3.36. The first-order valence-corrected chi connectivity index (χ1v) is 5.17. The van der Waals surface area contributed by atoms with Crippen molar-refractivity contribution in [3.8, 4) is 0 Å². The second-order valence-corrected chi connectivity index (χ2v) is 3.59. The largest absolute Gasteiger partial charge is 0.419 e. The van der Waals surface area contributed by atoms with Crippen molar-refractivity contribution >= 4 is 11.8 Å². The summed E-state index contributed by atoms with van der Waals surface area (Å²) in [5, 5.41) is 8.81. The highest BCUT2D eigenvalue weighted by Gasteiger charge is 2.35. The van der Waals surface area contributed by atoms with E-state index in [1.807, 2.05) is 0 Å². The molecule has 0 aliphatic rings. The van der Waals surface area contributed by atoms with Crippen LogP contribution >= 0.6 is 11.8 Å². The van der Waals surface area contributed by atoms with Gasteiger partial charge in [0.05, 0.1) is 12.2 Å². The number of aliphatic hydroxyl groups is 1. The Kier molecular flexibility index (Phi) is 3.62. The van der Waals surface area contributed by atoms with E-state index in [1.165, 1.54) is 6.26 Å². The fraction of sp³-hybridized carbons (Fsp3) is 0.333. The molecule has 1 aromatic rings. The molecule has 6 heteroatoms. The molecule has 0 heterocycles. The second kappa shape index (κ2) is 4.40. The van der Waals surface area contributed by atoms with E-state index in [1.54, 1.807) is 0 Å². The van der Waals surface area contributed by atoms with Crippen LogP contribution in [0.25, 0.3) is 0 Å². The molecule has 1 aromatic carbocycles. The summed E-state index contributed by atoms with van der Waals surface area (Å²) in [7, 11) is 0. The molecule has 1 nitrogen and oxygen atoms in total. The summed E-state index contributed by atoms with van der Waals surface area (Å²) in [4.78, 5) is -0.160. The number of aliphatic hydroxyl groups excluding tert-OH is 1. The van der Waals surface area contributed by atoms with Crippen molar-refractivity contribution in [3.05, 3.63) is 29.1 Å². The van der Waals surface area contributed by atoms with Crippen LogP contribution < -0.4 is 0 Å². The van der Waals surface area contributed by atoms with Crippen molar-refractivity contribution in [1.29, 1.82) is 0 Å². The molecule has 0 saturated heterocycles. The van der Waals surface area contributed by atoms with E-state index in [0.717, 1.165) is 17.8 Å². The van der Waals surface area contributed by atoms with Crippen LogP contribution in [0.15, 0.2) is 17.0 Å².